The summed E-state index contributed by atoms with van der Waals surface area (Å²) in [5.74, 6) is 0.617. The Bertz CT molecular complexity index is 493. The molecule has 116 valence electrons. The second kappa shape index (κ2) is 7.26. The van der Waals surface area contributed by atoms with Crippen molar-refractivity contribution in [3.8, 4) is 0 Å². The van der Waals surface area contributed by atoms with Gasteiger partial charge in [-0.2, -0.15) is 0 Å². The molecular weight excluding hydrogens is 268 g/mol. The molecule has 1 unspecified atom stereocenters. The van der Waals surface area contributed by atoms with E-state index in [-0.39, 0.29) is 10.6 Å². The number of benzene rings is 1. The van der Waals surface area contributed by atoms with E-state index in [0.717, 1.165) is 44.1 Å². The van der Waals surface area contributed by atoms with Gasteiger partial charge in [0, 0.05) is 43.1 Å². The van der Waals surface area contributed by atoms with Crippen molar-refractivity contribution in [2.24, 2.45) is 5.92 Å². The van der Waals surface area contributed by atoms with E-state index in [1.807, 2.05) is 13.0 Å². The topological polar surface area (TPSA) is 70.4 Å². The van der Waals surface area contributed by atoms with E-state index < -0.39 is 0 Å². The Morgan fingerprint density at radius 3 is 2.57 bits per heavy atom. The van der Waals surface area contributed by atoms with Crippen molar-refractivity contribution >= 4 is 17.1 Å². The van der Waals surface area contributed by atoms with Crippen LogP contribution in [0.5, 0.6) is 0 Å². The highest BCUT2D eigenvalue weighted by Gasteiger charge is 2.21. The molecule has 0 aliphatic carbocycles. The van der Waals surface area contributed by atoms with E-state index in [2.05, 4.69) is 22.5 Å². The van der Waals surface area contributed by atoms with Gasteiger partial charge in [0.25, 0.3) is 5.69 Å². The molecule has 21 heavy (non-hydrogen) atoms. The Kier molecular flexibility index (Phi) is 5.38. The maximum Gasteiger partial charge on any atom is 0.273 e. The van der Waals surface area contributed by atoms with E-state index in [1.165, 1.54) is 6.42 Å². The van der Waals surface area contributed by atoms with Crippen molar-refractivity contribution < 1.29 is 4.92 Å². The minimum atomic E-state index is -0.347. The van der Waals surface area contributed by atoms with Crippen molar-refractivity contribution in [1.82, 2.24) is 4.90 Å². The summed E-state index contributed by atoms with van der Waals surface area (Å²) >= 11 is 0. The summed E-state index contributed by atoms with van der Waals surface area (Å²) in [6.07, 6.45) is 1.19. The first-order chi connectivity index (χ1) is 10.1. The van der Waals surface area contributed by atoms with Gasteiger partial charge in [0.2, 0.25) is 0 Å². The van der Waals surface area contributed by atoms with Crippen LogP contribution in [0.2, 0.25) is 0 Å². The number of likely N-dealkylation sites (tertiary alicyclic amines) is 1. The molecule has 1 heterocycles. The zero-order valence-electron chi connectivity index (χ0n) is 12.8. The maximum absolute atomic E-state index is 11.0. The fraction of sp³-hybridized carbons (Fsp3) is 0.600. The van der Waals surface area contributed by atoms with Gasteiger partial charge in [0.1, 0.15) is 0 Å². The summed E-state index contributed by atoms with van der Waals surface area (Å²) in [7, 11) is 0. The number of hydrogen-bond donors (Lipinski definition) is 2. The Hall–Kier alpha value is -1.82. The molecule has 0 bridgehead atoms. The number of hydrogen-bond acceptors (Lipinski definition) is 5. The van der Waals surface area contributed by atoms with Gasteiger partial charge >= 0.3 is 0 Å². The lowest BCUT2D eigenvalue weighted by Crippen LogP contribution is -2.22. The molecule has 2 rings (SSSR count). The van der Waals surface area contributed by atoms with Crippen LogP contribution in [0, 0.1) is 16.0 Å². The van der Waals surface area contributed by atoms with Gasteiger partial charge in [0.15, 0.2) is 0 Å². The van der Waals surface area contributed by atoms with E-state index in [4.69, 9.17) is 0 Å². The van der Waals surface area contributed by atoms with Gasteiger partial charge in [0.05, 0.1) is 4.92 Å². The highest BCUT2D eigenvalue weighted by atomic mass is 16.6. The fourth-order valence-corrected chi connectivity index (χ4v) is 2.75. The molecule has 1 fully saturated rings. The zero-order valence-corrected chi connectivity index (χ0v) is 12.8. The van der Waals surface area contributed by atoms with Crippen LogP contribution < -0.4 is 10.6 Å². The second-order valence-electron chi connectivity index (χ2n) is 5.48. The van der Waals surface area contributed by atoms with Crippen LogP contribution >= 0.6 is 0 Å². The average Bonchev–Trinajstić information content (AvgIpc) is 2.93. The number of non-ortho nitro benzene ring substituents is 1. The molecule has 6 heteroatoms. The monoisotopic (exact) mass is 292 g/mol. The number of nitrogens with zero attached hydrogens (tertiary/aromatic N) is 2. The summed E-state index contributed by atoms with van der Waals surface area (Å²) < 4.78 is 0. The van der Waals surface area contributed by atoms with Crippen molar-refractivity contribution in [3.63, 3.8) is 0 Å². The van der Waals surface area contributed by atoms with Crippen LogP contribution in [0.3, 0.4) is 0 Å². The van der Waals surface area contributed by atoms with Crippen LogP contribution in [0.15, 0.2) is 18.2 Å². The predicted octanol–water partition coefficient (Wildman–Crippen LogP) is 2.78. The molecule has 1 aromatic rings. The Labute approximate surface area is 125 Å². The lowest BCUT2D eigenvalue weighted by Gasteiger charge is -2.15. The van der Waals surface area contributed by atoms with Crippen LogP contribution in [0.4, 0.5) is 17.1 Å². The molecule has 1 aliphatic rings. The second-order valence-corrected chi connectivity index (χ2v) is 5.48. The lowest BCUT2D eigenvalue weighted by molar-refractivity contribution is -0.384. The van der Waals surface area contributed by atoms with E-state index in [9.17, 15) is 10.1 Å². The number of nitro benzene ring substituents is 1. The average molecular weight is 292 g/mol. The molecule has 2 N–H and O–H groups in total. The van der Waals surface area contributed by atoms with Crippen molar-refractivity contribution in [2.45, 2.75) is 20.3 Å². The Morgan fingerprint density at radius 1 is 1.29 bits per heavy atom. The Balaban J connectivity index is 2.00. The highest BCUT2D eigenvalue weighted by Crippen LogP contribution is 2.25. The van der Waals surface area contributed by atoms with Gasteiger partial charge in [-0.3, -0.25) is 10.1 Å². The molecule has 0 spiro atoms. The molecule has 0 radical (unpaired) electrons. The summed E-state index contributed by atoms with van der Waals surface area (Å²) in [5, 5.41) is 17.5. The molecule has 6 nitrogen and oxygen atoms in total. The minimum Gasteiger partial charge on any atom is -0.385 e. The first-order valence-electron chi connectivity index (χ1n) is 7.62. The molecular formula is C15H24N4O2. The van der Waals surface area contributed by atoms with Crippen LogP contribution in [0.25, 0.3) is 0 Å². The standard InChI is InChI=1S/C15H24N4O2/c1-3-16-13-7-14(9-15(8-13)19(20)21)17-10-12-5-6-18(4-2)11-12/h7-9,12,16-17H,3-6,10-11H2,1-2H3. The first kappa shape index (κ1) is 15.6. The molecule has 1 aliphatic heterocycles. The minimum absolute atomic E-state index is 0.123. The van der Waals surface area contributed by atoms with Crippen molar-refractivity contribution in [2.75, 3.05) is 43.4 Å². The number of nitrogens with one attached hydrogen (secondary N) is 2. The molecule has 1 aromatic carbocycles. The lowest BCUT2D eigenvalue weighted by atomic mass is 10.1. The third-order valence-electron chi connectivity index (χ3n) is 3.92. The van der Waals surface area contributed by atoms with Crippen LogP contribution in [0.1, 0.15) is 20.3 Å². The fourth-order valence-electron chi connectivity index (χ4n) is 2.75. The van der Waals surface area contributed by atoms with Crippen LogP contribution in [-0.2, 0) is 0 Å². The smallest absolute Gasteiger partial charge is 0.273 e. The third-order valence-corrected chi connectivity index (χ3v) is 3.92. The highest BCUT2D eigenvalue weighted by molar-refractivity contribution is 5.63. The van der Waals surface area contributed by atoms with E-state index >= 15 is 0 Å². The van der Waals surface area contributed by atoms with Gasteiger partial charge in [-0.1, -0.05) is 6.92 Å². The van der Waals surface area contributed by atoms with Gasteiger partial charge in [-0.25, -0.2) is 0 Å². The van der Waals surface area contributed by atoms with Crippen molar-refractivity contribution in [3.05, 3.63) is 28.3 Å². The zero-order chi connectivity index (χ0) is 15.2. The number of anilines is 2. The first-order valence-corrected chi connectivity index (χ1v) is 7.62. The summed E-state index contributed by atoms with van der Waals surface area (Å²) in [6.45, 7) is 9.12. The summed E-state index contributed by atoms with van der Waals surface area (Å²) in [5.41, 5.74) is 1.73. The molecule has 1 saturated heterocycles. The number of rotatable bonds is 7. The third kappa shape index (κ3) is 4.32. The molecule has 0 amide bonds. The summed E-state index contributed by atoms with van der Waals surface area (Å²) in [6, 6.07) is 5.11. The largest absolute Gasteiger partial charge is 0.385 e. The number of nitro groups is 1. The Morgan fingerprint density at radius 2 is 2.00 bits per heavy atom. The molecule has 1 atom stereocenters. The quantitative estimate of drug-likeness (QED) is 0.597. The normalized spacial score (nSPS) is 18.7. The van der Waals surface area contributed by atoms with Gasteiger partial charge in [-0.05, 0) is 38.4 Å². The maximum atomic E-state index is 11.0. The summed E-state index contributed by atoms with van der Waals surface area (Å²) in [4.78, 5) is 13.1. The van der Waals surface area contributed by atoms with Gasteiger partial charge in [-0.15, -0.1) is 0 Å². The SMILES string of the molecule is CCNc1cc(NCC2CCN(CC)C2)cc([N+](=O)[O-])c1. The molecule has 0 aromatic heterocycles. The van der Waals surface area contributed by atoms with E-state index in [0.29, 0.717) is 5.92 Å². The van der Waals surface area contributed by atoms with Crippen LogP contribution in [-0.4, -0.2) is 42.5 Å². The molecule has 0 saturated carbocycles. The van der Waals surface area contributed by atoms with Crippen molar-refractivity contribution in [1.29, 1.82) is 0 Å². The predicted molar refractivity (Wildman–Crippen MR) is 86.0 cm³/mol. The van der Waals surface area contributed by atoms with Gasteiger partial charge < -0.3 is 15.5 Å². The van der Waals surface area contributed by atoms with E-state index in [1.54, 1.807) is 12.1 Å².